The Labute approximate surface area is 174 Å². The van der Waals surface area contributed by atoms with Gasteiger partial charge in [0, 0.05) is 11.6 Å². The van der Waals surface area contributed by atoms with Crippen LogP contribution in [-0.2, 0) is 4.79 Å². The Bertz CT molecular complexity index is 1160. The molecule has 1 atom stereocenters. The number of benzene rings is 2. The Kier molecular flexibility index (Phi) is 5.68. The van der Waals surface area contributed by atoms with E-state index in [2.05, 4.69) is 25.8 Å². The second-order valence-corrected chi connectivity index (χ2v) is 8.67. The number of carbonyl (C=O) groups excluding carboxylic acids is 1. The molecule has 1 amide bonds. The predicted molar refractivity (Wildman–Crippen MR) is 115 cm³/mol. The van der Waals surface area contributed by atoms with Gasteiger partial charge in [-0.1, -0.05) is 41.3 Å². The molecule has 2 aromatic carbocycles. The lowest BCUT2D eigenvalue weighted by atomic mass is 10.2. The number of para-hydroxylation sites is 1. The number of aromatic nitrogens is 3. The molecule has 0 aliphatic rings. The fourth-order valence-corrected chi connectivity index (χ4v) is 4.55. The second kappa shape index (κ2) is 8.54. The van der Waals surface area contributed by atoms with E-state index < -0.39 is 5.25 Å². The van der Waals surface area contributed by atoms with E-state index in [1.807, 2.05) is 30.3 Å². The minimum absolute atomic E-state index is 0.148. The average Bonchev–Trinajstić information content (AvgIpc) is 3.17. The maximum absolute atomic E-state index is 13.7. The minimum atomic E-state index is -0.392. The third kappa shape index (κ3) is 4.52. The number of halogens is 1. The molecule has 0 aliphatic heterocycles. The molecule has 4 rings (SSSR count). The van der Waals surface area contributed by atoms with Gasteiger partial charge in [0.05, 0.1) is 22.1 Å². The first-order chi connectivity index (χ1) is 14.1. The first-order valence-corrected chi connectivity index (χ1v) is 10.5. The largest absolute Gasteiger partial charge is 0.328 e. The molecule has 0 spiro atoms. The van der Waals surface area contributed by atoms with Gasteiger partial charge in [-0.05, 0) is 43.3 Å². The zero-order chi connectivity index (χ0) is 20.2. The van der Waals surface area contributed by atoms with Crippen LogP contribution in [0.1, 0.15) is 6.92 Å². The number of nitrogens with zero attached hydrogens (tertiary/aromatic N) is 3. The molecule has 0 saturated heterocycles. The van der Waals surface area contributed by atoms with Crippen molar-refractivity contribution in [2.45, 2.75) is 16.5 Å². The van der Waals surface area contributed by atoms with Crippen molar-refractivity contribution in [3.05, 3.63) is 66.6 Å². The Morgan fingerprint density at radius 2 is 1.90 bits per heavy atom. The maximum Gasteiger partial charge on any atom is 0.237 e. The number of pyridine rings is 1. The molecule has 0 fully saturated rings. The number of thioether (sulfide) groups is 1. The molecular formula is C20H16FN5OS2. The van der Waals surface area contributed by atoms with E-state index in [0.29, 0.717) is 20.8 Å². The summed E-state index contributed by atoms with van der Waals surface area (Å²) in [6.45, 7) is 1.80. The first kappa shape index (κ1) is 19.3. The number of fused-ring (bicyclic) bond motifs is 1. The molecule has 1 unspecified atom stereocenters. The van der Waals surface area contributed by atoms with Crippen molar-refractivity contribution in [3.63, 3.8) is 0 Å². The van der Waals surface area contributed by atoms with E-state index in [1.165, 1.54) is 29.2 Å². The van der Waals surface area contributed by atoms with Crippen LogP contribution in [0.5, 0.6) is 0 Å². The number of nitrogens with one attached hydrogen (secondary N) is 2. The molecule has 29 heavy (non-hydrogen) atoms. The number of hydrogen-bond acceptors (Lipinski definition) is 7. The Hall–Kier alpha value is -3.04. The molecular weight excluding hydrogens is 409 g/mol. The first-order valence-electron chi connectivity index (χ1n) is 8.76. The fourth-order valence-electron chi connectivity index (χ4n) is 2.64. The molecule has 2 aromatic heterocycles. The summed E-state index contributed by atoms with van der Waals surface area (Å²) in [5.41, 5.74) is 1.86. The average molecular weight is 426 g/mol. The van der Waals surface area contributed by atoms with E-state index in [1.54, 1.807) is 31.3 Å². The molecule has 2 N–H and O–H groups in total. The van der Waals surface area contributed by atoms with Crippen LogP contribution in [0, 0.1) is 5.82 Å². The minimum Gasteiger partial charge on any atom is -0.328 e. The molecule has 0 bridgehead atoms. The Morgan fingerprint density at radius 1 is 1.07 bits per heavy atom. The third-order valence-corrected chi connectivity index (χ3v) is 6.10. The summed E-state index contributed by atoms with van der Waals surface area (Å²) in [6, 6.07) is 15.7. The SMILES string of the molecule is CC(Sc1nnc(Nc2ccccc2F)s1)C(=O)Nc1cccc2ncccc12. The van der Waals surface area contributed by atoms with Crippen LogP contribution < -0.4 is 10.6 Å². The number of hydrogen-bond donors (Lipinski definition) is 2. The number of carbonyl (C=O) groups is 1. The summed E-state index contributed by atoms with van der Waals surface area (Å²) in [5.74, 6) is -0.514. The summed E-state index contributed by atoms with van der Waals surface area (Å²) >= 11 is 2.56. The quantitative estimate of drug-likeness (QED) is 0.419. The molecule has 0 aliphatic carbocycles. The van der Waals surface area contributed by atoms with Gasteiger partial charge < -0.3 is 10.6 Å². The highest BCUT2D eigenvalue weighted by molar-refractivity contribution is 8.02. The van der Waals surface area contributed by atoms with Crippen LogP contribution in [-0.4, -0.2) is 26.3 Å². The maximum atomic E-state index is 13.7. The lowest BCUT2D eigenvalue weighted by Crippen LogP contribution is -2.22. The monoisotopic (exact) mass is 425 g/mol. The van der Waals surface area contributed by atoms with E-state index in [0.717, 1.165) is 10.9 Å². The van der Waals surface area contributed by atoms with Gasteiger partial charge in [-0.15, -0.1) is 10.2 Å². The molecule has 9 heteroatoms. The standard InChI is InChI=1S/C20H16FN5OS2/c1-12(18(27)23-16-10-4-9-15-13(16)6-5-11-22-15)28-20-26-25-19(29-20)24-17-8-3-2-7-14(17)21/h2-12H,1H3,(H,23,27)(H,24,25). The molecule has 2 heterocycles. The van der Waals surface area contributed by atoms with Gasteiger partial charge in [0.2, 0.25) is 11.0 Å². The van der Waals surface area contributed by atoms with E-state index >= 15 is 0 Å². The Balaban J connectivity index is 1.41. The summed E-state index contributed by atoms with van der Waals surface area (Å²) in [6.07, 6.45) is 1.72. The predicted octanol–water partition coefficient (Wildman–Crippen LogP) is 5.09. The zero-order valence-electron chi connectivity index (χ0n) is 15.3. The molecule has 4 aromatic rings. The van der Waals surface area contributed by atoms with Crippen molar-refractivity contribution in [2.75, 3.05) is 10.6 Å². The third-order valence-electron chi connectivity index (χ3n) is 4.07. The van der Waals surface area contributed by atoms with Crippen LogP contribution in [0.25, 0.3) is 10.9 Å². The van der Waals surface area contributed by atoms with Crippen LogP contribution in [0.4, 0.5) is 20.9 Å². The highest BCUT2D eigenvalue weighted by Crippen LogP contribution is 2.31. The normalized spacial score (nSPS) is 11.9. The number of anilines is 3. The molecule has 146 valence electrons. The second-order valence-electron chi connectivity index (χ2n) is 6.10. The van der Waals surface area contributed by atoms with Gasteiger partial charge in [0.25, 0.3) is 0 Å². The van der Waals surface area contributed by atoms with Crippen molar-refractivity contribution < 1.29 is 9.18 Å². The van der Waals surface area contributed by atoms with Crippen molar-refractivity contribution >= 4 is 56.4 Å². The van der Waals surface area contributed by atoms with Gasteiger partial charge in [-0.2, -0.15) is 0 Å². The lowest BCUT2D eigenvalue weighted by molar-refractivity contribution is -0.115. The van der Waals surface area contributed by atoms with E-state index in [4.69, 9.17) is 0 Å². The van der Waals surface area contributed by atoms with Gasteiger partial charge in [0.15, 0.2) is 4.34 Å². The van der Waals surface area contributed by atoms with Gasteiger partial charge in [0.1, 0.15) is 5.82 Å². The highest BCUT2D eigenvalue weighted by Gasteiger charge is 2.18. The molecule has 0 radical (unpaired) electrons. The summed E-state index contributed by atoms with van der Waals surface area (Å²) < 4.78 is 14.4. The van der Waals surface area contributed by atoms with Crippen LogP contribution in [0.15, 0.2) is 65.1 Å². The smallest absolute Gasteiger partial charge is 0.237 e. The van der Waals surface area contributed by atoms with Gasteiger partial charge in [-0.25, -0.2) is 4.39 Å². The van der Waals surface area contributed by atoms with Gasteiger partial charge >= 0.3 is 0 Å². The zero-order valence-corrected chi connectivity index (χ0v) is 16.9. The van der Waals surface area contributed by atoms with Crippen molar-refractivity contribution in [2.24, 2.45) is 0 Å². The Morgan fingerprint density at radius 3 is 2.76 bits per heavy atom. The van der Waals surface area contributed by atoms with Crippen molar-refractivity contribution in [1.82, 2.24) is 15.2 Å². The van der Waals surface area contributed by atoms with Gasteiger partial charge in [-0.3, -0.25) is 9.78 Å². The summed E-state index contributed by atoms with van der Waals surface area (Å²) in [7, 11) is 0. The number of rotatable bonds is 6. The molecule has 6 nitrogen and oxygen atoms in total. The fraction of sp³-hybridized carbons (Fsp3) is 0.100. The summed E-state index contributed by atoms with van der Waals surface area (Å²) in [5, 5.41) is 14.9. The topological polar surface area (TPSA) is 79.8 Å². The van der Waals surface area contributed by atoms with Crippen LogP contribution >= 0.6 is 23.1 Å². The van der Waals surface area contributed by atoms with Crippen molar-refractivity contribution in [1.29, 1.82) is 0 Å². The van der Waals surface area contributed by atoms with E-state index in [-0.39, 0.29) is 11.7 Å². The van der Waals surface area contributed by atoms with Crippen LogP contribution in [0.2, 0.25) is 0 Å². The number of amides is 1. The lowest BCUT2D eigenvalue weighted by Gasteiger charge is -2.12. The van der Waals surface area contributed by atoms with Crippen molar-refractivity contribution in [3.8, 4) is 0 Å². The van der Waals surface area contributed by atoms with E-state index in [9.17, 15) is 9.18 Å². The van der Waals surface area contributed by atoms with Crippen LogP contribution in [0.3, 0.4) is 0 Å². The summed E-state index contributed by atoms with van der Waals surface area (Å²) in [4.78, 5) is 16.9. The molecule has 0 saturated carbocycles. The highest BCUT2D eigenvalue weighted by atomic mass is 32.2.